The second-order valence-electron chi connectivity index (χ2n) is 6.80. The van der Waals surface area contributed by atoms with Gasteiger partial charge in [-0.3, -0.25) is 0 Å². The monoisotopic (exact) mass is 419 g/mol. The van der Waals surface area contributed by atoms with Crippen LogP contribution in [0.1, 0.15) is 22.9 Å². The van der Waals surface area contributed by atoms with Crippen LogP contribution in [0.15, 0.2) is 36.4 Å². The highest BCUT2D eigenvalue weighted by Gasteiger charge is 2.33. The van der Waals surface area contributed by atoms with Crippen molar-refractivity contribution in [3.05, 3.63) is 63.3 Å². The number of urea groups is 1. The van der Waals surface area contributed by atoms with Gasteiger partial charge in [-0.25, -0.2) is 4.79 Å². The van der Waals surface area contributed by atoms with Crippen LogP contribution >= 0.6 is 23.2 Å². The Bertz CT molecular complexity index is 1050. The number of nitrogens with zero attached hydrogens (tertiary/aromatic N) is 1. The zero-order chi connectivity index (χ0) is 19.8. The van der Waals surface area contributed by atoms with E-state index in [1.54, 1.807) is 23.1 Å². The highest BCUT2D eigenvalue weighted by molar-refractivity contribution is 6.31. The van der Waals surface area contributed by atoms with Gasteiger partial charge in [0.25, 0.3) is 0 Å². The number of rotatable bonds is 3. The summed E-state index contributed by atoms with van der Waals surface area (Å²) in [6.45, 7) is 0.544. The zero-order valence-electron chi connectivity index (χ0n) is 14.9. The van der Waals surface area contributed by atoms with Crippen molar-refractivity contribution < 1.29 is 15.0 Å². The molecule has 0 bridgehead atoms. The molecule has 4 N–H and O–H groups in total. The van der Waals surface area contributed by atoms with Crippen molar-refractivity contribution in [3.8, 4) is 5.75 Å². The van der Waals surface area contributed by atoms with Crippen LogP contribution in [0, 0.1) is 0 Å². The lowest BCUT2D eigenvalue weighted by Gasteiger charge is -2.34. The first-order chi connectivity index (χ1) is 13.5. The number of hydrogen-bond donors (Lipinski definition) is 4. The first-order valence-corrected chi connectivity index (χ1v) is 9.66. The number of hydrogen-bond acceptors (Lipinski definition) is 3. The fourth-order valence-electron chi connectivity index (χ4n) is 3.77. The minimum absolute atomic E-state index is 0.0468. The lowest BCUT2D eigenvalue weighted by molar-refractivity contribution is 0.125. The number of aromatic hydroxyl groups is 1. The summed E-state index contributed by atoms with van der Waals surface area (Å²) in [6.07, 6.45) is 0.593. The van der Waals surface area contributed by atoms with E-state index < -0.39 is 6.04 Å². The number of carbonyl (C=O) groups is 1. The standard InChI is InChI=1S/C20H19Cl2N3O3/c21-12-3-1-2-11(6-12)9-23-20(28)25-5-4-14-15-7-13(22)8-17(27)19(15)24-18(14)16(25)10-26/h1-3,6-8,16,24,26-27H,4-5,9-10H2,(H,23,28). The topological polar surface area (TPSA) is 88.6 Å². The van der Waals surface area contributed by atoms with Crippen molar-refractivity contribution in [1.82, 2.24) is 15.2 Å². The minimum atomic E-state index is -0.534. The summed E-state index contributed by atoms with van der Waals surface area (Å²) in [5, 5.41) is 24.9. The van der Waals surface area contributed by atoms with E-state index in [4.69, 9.17) is 23.2 Å². The fraction of sp³-hybridized carbons (Fsp3) is 0.250. The van der Waals surface area contributed by atoms with Gasteiger partial charge in [0, 0.05) is 40.3 Å². The third-order valence-corrected chi connectivity index (χ3v) is 5.52. The molecule has 3 aromatic rings. The molecule has 1 unspecified atom stereocenters. The van der Waals surface area contributed by atoms with Crippen molar-refractivity contribution in [3.63, 3.8) is 0 Å². The maximum Gasteiger partial charge on any atom is 0.318 e. The number of aliphatic hydroxyl groups excluding tert-OH is 1. The quantitative estimate of drug-likeness (QED) is 0.517. The number of fused-ring (bicyclic) bond motifs is 3. The Morgan fingerprint density at radius 3 is 2.82 bits per heavy atom. The molecule has 4 rings (SSSR count). The number of amides is 2. The van der Waals surface area contributed by atoms with Crippen LogP contribution in [-0.4, -0.2) is 39.3 Å². The Morgan fingerprint density at radius 2 is 2.07 bits per heavy atom. The molecule has 1 atom stereocenters. The number of benzene rings is 2. The summed E-state index contributed by atoms with van der Waals surface area (Å²) >= 11 is 12.1. The second kappa shape index (κ2) is 7.54. The molecule has 1 aliphatic rings. The second-order valence-corrected chi connectivity index (χ2v) is 7.67. The largest absolute Gasteiger partial charge is 0.506 e. The first-order valence-electron chi connectivity index (χ1n) is 8.90. The Labute approximate surface area is 171 Å². The Balaban J connectivity index is 1.59. The number of aromatic amines is 1. The molecule has 0 aliphatic carbocycles. The highest BCUT2D eigenvalue weighted by Crippen LogP contribution is 2.38. The lowest BCUT2D eigenvalue weighted by Crippen LogP contribution is -2.46. The summed E-state index contributed by atoms with van der Waals surface area (Å²) in [5.74, 6) is 0.0468. The number of halogens is 2. The predicted octanol–water partition coefficient (Wildman–Crippen LogP) is 3.98. The van der Waals surface area contributed by atoms with Crippen molar-refractivity contribution in [2.24, 2.45) is 0 Å². The summed E-state index contributed by atoms with van der Waals surface area (Å²) in [6, 6.07) is 9.73. The zero-order valence-corrected chi connectivity index (χ0v) is 16.4. The van der Waals surface area contributed by atoms with Gasteiger partial charge < -0.3 is 25.4 Å². The molecule has 8 heteroatoms. The smallest absolute Gasteiger partial charge is 0.318 e. The molecule has 6 nitrogen and oxygen atoms in total. The van der Waals surface area contributed by atoms with E-state index in [9.17, 15) is 15.0 Å². The van der Waals surface area contributed by atoms with E-state index in [0.29, 0.717) is 35.1 Å². The maximum atomic E-state index is 12.8. The lowest BCUT2D eigenvalue weighted by atomic mass is 9.98. The molecule has 2 aromatic carbocycles. The normalized spacial score (nSPS) is 16.2. The molecule has 0 radical (unpaired) electrons. The van der Waals surface area contributed by atoms with Crippen LogP contribution < -0.4 is 5.32 Å². The first kappa shape index (κ1) is 18.9. The van der Waals surface area contributed by atoms with E-state index in [1.165, 1.54) is 6.07 Å². The van der Waals surface area contributed by atoms with Gasteiger partial charge in [-0.2, -0.15) is 0 Å². The molecule has 0 spiro atoms. The van der Waals surface area contributed by atoms with Crippen LogP contribution in [0.3, 0.4) is 0 Å². The molecule has 1 aromatic heterocycles. The van der Waals surface area contributed by atoms with Crippen LogP contribution in [0.5, 0.6) is 5.75 Å². The molecular formula is C20H19Cl2N3O3. The Hall–Kier alpha value is -2.41. The number of phenols is 1. The number of phenolic OH excluding ortho intramolecular Hbond substituents is 1. The number of aliphatic hydroxyl groups is 1. The number of carbonyl (C=O) groups excluding carboxylic acids is 1. The molecule has 146 valence electrons. The Morgan fingerprint density at radius 1 is 1.25 bits per heavy atom. The van der Waals surface area contributed by atoms with Crippen LogP contribution in [0.2, 0.25) is 10.0 Å². The molecule has 0 fully saturated rings. The van der Waals surface area contributed by atoms with E-state index in [-0.39, 0.29) is 18.4 Å². The molecule has 1 aliphatic heterocycles. The van der Waals surface area contributed by atoms with Gasteiger partial charge in [0.15, 0.2) is 0 Å². The Kier molecular flexibility index (Phi) is 5.10. The fourth-order valence-corrected chi connectivity index (χ4v) is 4.20. The van der Waals surface area contributed by atoms with Crippen LogP contribution in [0.4, 0.5) is 4.79 Å². The van der Waals surface area contributed by atoms with Gasteiger partial charge in [0.2, 0.25) is 0 Å². The molecule has 0 saturated heterocycles. The summed E-state index contributed by atoms with van der Waals surface area (Å²) in [5.41, 5.74) is 3.14. The minimum Gasteiger partial charge on any atom is -0.506 e. The molecule has 0 saturated carbocycles. The predicted molar refractivity (Wildman–Crippen MR) is 109 cm³/mol. The molecule has 2 amide bonds. The summed E-state index contributed by atoms with van der Waals surface area (Å²) in [4.78, 5) is 17.5. The summed E-state index contributed by atoms with van der Waals surface area (Å²) < 4.78 is 0. The number of H-pyrrole nitrogens is 1. The van der Waals surface area contributed by atoms with Crippen LogP contribution in [0.25, 0.3) is 10.9 Å². The van der Waals surface area contributed by atoms with Gasteiger partial charge in [-0.1, -0.05) is 35.3 Å². The molecular weight excluding hydrogens is 401 g/mol. The van der Waals surface area contributed by atoms with Crippen molar-refractivity contribution >= 4 is 40.1 Å². The average Bonchev–Trinajstić information content (AvgIpc) is 3.04. The van der Waals surface area contributed by atoms with Gasteiger partial charge in [0.1, 0.15) is 5.75 Å². The van der Waals surface area contributed by atoms with Gasteiger partial charge in [-0.15, -0.1) is 0 Å². The third kappa shape index (κ3) is 3.39. The van der Waals surface area contributed by atoms with Gasteiger partial charge >= 0.3 is 6.03 Å². The van der Waals surface area contributed by atoms with Gasteiger partial charge in [-0.05, 0) is 35.7 Å². The summed E-state index contributed by atoms with van der Waals surface area (Å²) in [7, 11) is 0. The molecule has 2 heterocycles. The van der Waals surface area contributed by atoms with E-state index in [0.717, 1.165) is 22.2 Å². The molecule has 28 heavy (non-hydrogen) atoms. The van der Waals surface area contributed by atoms with E-state index in [1.807, 2.05) is 12.1 Å². The maximum absolute atomic E-state index is 12.8. The third-order valence-electron chi connectivity index (χ3n) is 5.07. The van der Waals surface area contributed by atoms with Crippen molar-refractivity contribution in [2.75, 3.05) is 13.2 Å². The van der Waals surface area contributed by atoms with E-state index >= 15 is 0 Å². The number of nitrogens with one attached hydrogen (secondary N) is 2. The average molecular weight is 420 g/mol. The van der Waals surface area contributed by atoms with E-state index in [2.05, 4.69) is 10.3 Å². The van der Waals surface area contributed by atoms with Crippen molar-refractivity contribution in [1.29, 1.82) is 0 Å². The SMILES string of the molecule is O=C(NCc1cccc(Cl)c1)N1CCc2c([nH]c3c(O)cc(Cl)cc23)C1CO. The number of aromatic nitrogens is 1. The van der Waals surface area contributed by atoms with Crippen LogP contribution in [-0.2, 0) is 13.0 Å². The highest BCUT2D eigenvalue weighted by atomic mass is 35.5. The van der Waals surface area contributed by atoms with Crippen molar-refractivity contribution in [2.45, 2.75) is 19.0 Å². The van der Waals surface area contributed by atoms with Gasteiger partial charge in [0.05, 0.1) is 18.2 Å².